The van der Waals surface area contributed by atoms with Crippen LogP contribution in [0.3, 0.4) is 0 Å². The highest BCUT2D eigenvalue weighted by Crippen LogP contribution is 2.26. The molecule has 2 aromatic rings. The zero-order valence-corrected chi connectivity index (χ0v) is 10.3. The highest BCUT2D eigenvalue weighted by Gasteiger charge is 2.08. The van der Waals surface area contributed by atoms with Gasteiger partial charge in [-0.1, -0.05) is 16.8 Å². The molecule has 0 fully saturated rings. The van der Waals surface area contributed by atoms with Crippen LogP contribution in [-0.2, 0) is 13.7 Å². The van der Waals surface area contributed by atoms with Gasteiger partial charge in [0.15, 0.2) is 0 Å². The van der Waals surface area contributed by atoms with Crippen molar-refractivity contribution in [2.75, 3.05) is 0 Å². The zero-order valence-electron chi connectivity index (χ0n) is 9.50. The van der Waals surface area contributed by atoms with E-state index in [0.29, 0.717) is 11.4 Å². The van der Waals surface area contributed by atoms with Crippen molar-refractivity contribution < 1.29 is 14.6 Å². The summed E-state index contributed by atoms with van der Waals surface area (Å²) in [6.45, 7) is 0.222. The van der Waals surface area contributed by atoms with Crippen molar-refractivity contribution in [3.05, 3.63) is 40.7 Å². The third-order valence-electron chi connectivity index (χ3n) is 2.20. The normalized spacial score (nSPS) is 10.3. The first-order chi connectivity index (χ1) is 8.56. The second-order valence-corrected chi connectivity index (χ2v) is 4.03. The lowest BCUT2D eigenvalue weighted by Gasteiger charge is -2.06. The van der Waals surface area contributed by atoms with Crippen LogP contribution in [0.4, 0.5) is 0 Å². The van der Waals surface area contributed by atoms with E-state index in [1.807, 2.05) is 0 Å². The number of halogens is 1. The summed E-state index contributed by atoms with van der Waals surface area (Å²) in [5.41, 5.74) is 0.780. The molecule has 0 aliphatic rings. The van der Waals surface area contributed by atoms with E-state index in [0.717, 1.165) is 0 Å². The van der Waals surface area contributed by atoms with Gasteiger partial charge >= 0.3 is 5.97 Å². The predicted octanol–water partition coefficient (Wildman–Crippen LogP) is 1.75. The van der Waals surface area contributed by atoms with E-state index in [4.69, 9.17) is 21.4 Å². The number of carbonyl (C=O) groups is 1. The minimum absolute atomic E-state index is 0.117. The molecule has 7 heteroatoms. The fraction of sp³-hybridized carbons (Fsp3) is 0.182. The molecule has 0 aliphatic heterocycles. The Hall–Kier alpha value is -2.08. The first-order valence-electron chi connectivity index (χ1n) is 5.07. The topological polar surface area (TPSA) is 77.2 Å². The molecule has 0 radical (unpaired) electrons. The SMILES string of the molecule is Cn1cc(COc2ccc(C(=O)O)cc2Cl)nn1. The molecular weight excluding hydrogens is 258 g/mol. The van der Waals surface area contributed by atoms with Crippen molar-refractivity contribution in [1.82, 2.24) is 15.0 Å². The maximum Gasteiger partial charge on any atom is 0.335 e. The highest BCUT2D eigenvalue weighted by molar-refractivity contribution is 6.32. The molecule has 1 heterocycles. The van der Waals surface area contributed by atoms with E-state index in [1.165, 1.54) is 18.2 Å². The minimum Gasteiger partial charge on any atom is -0.486 e. The van der Waals surface area contributed by atoms with Gasteiger partial charge in [-0.3, -0.25) is 4.68 Å². The van der Waals surface area contributed by atoms with Gasteiger partial charge < -0.3 is 9.84 Å². The number of aromatic nitrogens is 3. The molecule has 1 aromatic heterocycles. The fourth-order valence-electron chi connectivity index (χ4n) is 1.36. The number of carboxylic acids is 1. The largest absolute Gasteiger partial charge is 0.486 e. The maximum atomic E-state index is 10.7. The number of hydrogen-bond donors (Lipinski definition) is 1. The number of aromatic carboxylic acids is 1. The van der Waals surface area contributed by atoms with Gasteiger partial charge in [0, 0.05) is 7.05 Å². The van der Waals surface area contributed by atoms with Gasteiger partial charge in [-0.25, -0.2) is 4.79 Å². The van der Waals surface area contributed by atoms with Crippen molar-refractivity contribution in [2.24, 2.45) is 7.05 Å². The van der Waals surface area contributed by atoms with E-state index in [9.17, 15) is 4.79 Å². The average molecular weight is 268 g/mol. The molecule has 18 heavy (non-hydrogen) atoms. The number of aryl methyl sites for hydroxylation is 1. The second kappa shape index (κ2) is 5.05. The molecule has 2 rings (SSSR count). The highest BCUT2D eigenvalue weighted by atomic mass is 35.5. The molecule has 94 valence electrons. The number of carboxylic acid groups (broad SMARTS) is 1. The molecule has 6 nitrogen and oxygen atoms in total. The number of benzene rings is 1. The summed E-state index contributed by atoms with van der Waals surface area (Å²) < 4.78 is 6.99. The van der Waals surface area contributed by atoms with E-state index in [1.54, 1.807) is 17.9 Å². The minimum atomic E-state index is -1.03. The number of ether oxygens (including phenoxy) is 1. The standard InChI is InChI=1S/C11H10ClN3O3/c1-15-5-8(13-14-15)6-18-10-3-2-7(11(16)17)4-9(10)12/h2-5H,6H2,1H3,(H,16,17). The van der Waals surface area contributed by atoms with Gasteiger partial charge in [-0.15, -0.1) is 5.10 Å². The summed E-state index contributed by atoms with van der Waals surface area (Å²) in [5, 5.41) is 16.7. The van der Waals surface area contributed by atoms with Crippen molar-refractivity contribution >= 4 is 17.6 Å². The Bertz CT molecular complexity index is 583. The van der Waals surface area contributed by atoms with Crippen LogP contribution in [0, 0.1) is 0 Å². The Labute approximate surface area is 108 Å². The van der Waals surface area contributed by atoms with Gasteiger partial charge in [-0.2, -0.15) is 0 Å². The molecule has 1 aromatic carbocycles. The van der Waals surface area contributed by atoms with Crippen LogP contribution in [0.5, 0.6) is 5.75 Å². The van der Waals surface area contributed by atoms with Crippen molar-refractivity contribution in [2.45, 2.75) is 6.61 Å². The Kier molecular flexibility index (Phi) is 3.47. The predicted molar refractivity (Wildman–Crippen MR) is 63.7 cm³/mol. The van der Waals surface area contributed by atoms with Crippen LogP contribution in [0.1, 0.15) is 16.1 Å². The Morgan fingerprint density at radius 2 is 2.33 bits per heavy atom. The summed E-state index contributed by atoms with van der Waals surface area (Å²) in [6, 6.07) is 4.29. The molecule has 0 spiro atoms. The third-order valence-corrected chi connectivity index (χ3v) is 2.50. The maximum absolute atomic E-state index is 10.7. The summed E-state index contributed by atoms with van der Waals surface area (Å²) in [4.78, 5) is 10.7. The molecular formula is C11H10ClN3O3. The lowest BCUT2D eigenvalue weighted by Crippen LogP contribution is -1.99. The molecule has 0 amide bonds. The monoisotopic (exact) mass is 267 g/mol. The van der Waals surface area contributed by atoms with E-state index >= 15 is 0 Å². The van der Waals surface area contributed by atoms with Crippen LogP contribution >= 0.6 is 11.6 Å². The quantitative estimate of drug-likeness (QED) is 0.913. The zero-order chi connectivity index (χ0) is 13.1. The number of nitrogens with zero attached hydrogens (tertiary/aromatic N) is 3. The summed E-state index contributed by atoms with van der Waals surface area (Å²) in [6.07, 6.45) is 1.72. The van der Waals surface area contributed by atoms with Crippen LogP contribution in [-0.4, -0.2) is 26.1 Å². The van der Waals surface area contributed by atoms with Crippen LogP contribution < -0.4 is 4.74 Å². The van der Waals surface area contributed by atoms with Crippen molar-refractivity contribution in [3.8, 4) is 5.75 Å². The molecule has 0 aliphatic carbocycles. The second-order valence-electron chi connectivity index (χ2n) is 3.62. The molecule has 0 saturated heterocycles. The smallest absolute Gasteiger partial charge is 0.335 e. The molecule has 0 unspecified atom stereocenters. The van der Waals surface area contributed by atoms with Gasteiger partial charge in [0.2, 0.25) is 0 Å². The lowest BCUT2D eigenvalue weighted by molar-refractivity contribution is 0.0697. The van der Waals surface area contributed by atoms with Gasteiger partial charge in [0.1, 0.15) is 18.1 Å². The molecule has 0 atom stereocenters. The summed E-state index contributed by atoms with van der Waals surface area (Å²) >= 11 is 5.92. The summed E-state index contributed by atoms with van der Waals surface area (Å²) in [5.74, 6) is -0.621. The third kappa shape index (κ3) is 2.78. The Morgan fingerprint density at radius 1 is 1.56 bits per heavy atom. The fourth-order valence-corrected chi connectivity index (χ4v) is 1.60. The number of hydrogen-bond acceptors (Lipinski definition) is 4. The summed E-state index contributed by atoms with van der Waals surface area (Å²) in [7, 11) is 1.76. The van der Waals surface area contributed by atoms with Gasteiger partial charge in [0.05, 0.1) is 16.8 Å². The van der Waals surface area contributed by atoms with Gasteiger partial charge in [0.25, 0.3) is 0 Å². The number of rotatable bonds is 4. The van der Waals surface area contributed by atoms with Gasteiger partial charge in [-0.05, 0) is 18.2 Å². The average Bonchev–Trinajstić information content (AvgIpc) is 2.73. The Balaban J connectivity index is 2.08. The molecule has 1 N–H and O–H groups in total. The first kappa shape index (κ1) is 12.4. The van der Waals surface area contributed by atoms with E-state index < -0.39 is 5.97 Å². The van der Waals surface area contributed by atoms with E-state index in [2.05, 4.69) is 10.3 Å². The first-order valence-corrected chi connectivity index (χ1v) is 5.45. The van der Waals surface area contributed by atoms with Crippen molar-refractivity contribution in [3.63, 3.8) is 0 Å². The Morgan fingerprint density at radius 3 is 2.89 bits per heavy atom. The molecule has 0 bridgehead atoms. The van der Waals surface area contributed by atoms with Crippen molar-refractivity contribution in [1.29, 1.82) is 0 Å². The van der Waals surface area contributed by atoms with Crippen LogP contribution in [0.25, 0.3) is 0 Å². The van der Waals surface area contributed by atoms with E-state index in [-0.39, 0.29) is 17.2 Å². The van der Waals surface area contributed by atoms with Crippen LogP contribution in [0.2, 0.25) is 5.02 Å². The van der Waals surface area contributed by atoms with Crippen LogP contribution in [0.15, 0.2) is 24.4 Å². The molecule has 0 saturated carbocycles. The lowest BCUT2D eigenvalue weighted by atomic mass is 10.2.